The molecule has 1 saturated heterocycles. The average Bonchev–Trinajstić information content (AvgIpc) is 2.55. The number of rotatable bonds is 2. The summed E-state index contributed by atoms with van der Waals surface area (Å²) in [7, 11) is -2.81. The fourth-order valence-electron chi connectivity index (χ4n) is 2.08. The molecule has 1 aromatic rings. The molecule has 0 unspecified atom stereocenters. The van der Waals surface area contributed by atoms with Crippen molar-refractivity contribution in [3.8, 4) is 0 Å². The topological polar surface area (TPSA) is 112 Å². The van der Waals surface area contributed by atoms with E-state index in [0.29, 0.717) is 0 Å². The van der Waals surface area contributed by atoms with Crippen LogP contribution in [-0.2, 0) is 4.57 Å². The predicted molar refractivity (Wildman–Crippen MR) is 60.8 cm³/mol. The largest absolute Gasteiger partial charge is 0.390 e. The van der Waals surface area contributed by atoms with Crippen LogP contribution in [0.2, 0.25) is 0 Å². The third-order valence-corrected chi connectivity index (χ3v) is 5.54. The molecule has 0 aromatic carbocycles. The van der Waals surface area contributed by atoms with E-state index in [1.807, 2.05) is 0 Å². The molecule has 94 valence electrons. The molecule has 1 fully saturated rings. The van der Waals surface area contributed by atoms with E-state index in [2.05, 4.69) is 4.98 Å². The monoisotopic (exact) mass is 260 g/mol. The molecule has 1 aromatic heterocycles. The Labute approximate surface area is 96.1 Å². The number of aliphatic hydroxyl groups is 2. The second kappa shape index (κ2) is 4.25. The second-order valence-electron chi connectivity index (χ2n) is 4.22. The van der Waals surface area contributed by atoms with Crippen LogP contribution in [0, 0.1) is 0 Å². The number of hydrogen-bond donors (Lipinski definition) is 3. The minimum Gasteiger partial charge on any atom is -0.390 e. The smallest absolute Gasteiger partial charge is 0.328 e. The van der Waals surface area contributed by atoms with Crippen LogP contribution >= 0.6 is 7.14 Å². The quantitative estimate of drug-likeness (QED) is 0.576. The Balaban J connectivity index is 2.39. The summed E-state index contributed by atoms with van der Waals surface area (Å²) in [6, 6.07) is 0.508. The minimum absolute atomic E-state index is 0.000265. The van der Waals surface area contributed by atoms with Crippen LogP contribution in [-0.4, -0.2) is 44.5 Å². The van der Waals surface area contributed by atoms with Gasteiger partial charge in [-0.2, -0.15) is 0 Å². The molecule has 3 N–H and O–H groups in total. The first-order valence-corrected chi connectivity index (χ1v) is 7.39. The maximum atomic E-state index is 12.0. The molecule has 0 amide bonds. The van der Waals surface area contributed by atoms with Crippen LogP contribution in [0.4, 0.5) is 0 Å². The van der Waals surface area contributed by atoms with E-state index in [0.717, 1.165) is 10.6 Å². The Hall–Kier alpha value is -1.17. The fraction of sp³-hybridized carbons (Fsp3) is 0.556. The molecule has 2 rings (SSSR count). The molecular weight excluding hydrogens is 247 g/mol. The summed E-state index contributed by atoms with van der Waals surface area (Å²) in [5, 5.41) is 18.8. The van der Waals surface area contributed by atoms with Gasteiger partial charge in [0.05, 0.1) is 18.5 Å². The first-order valence-electron chi connectivity index (χ1n) is 5.13. The normalized spacial score (nSPS) is 32.8. The third kappa shape index (κ3) is 2.26. The Kier molecular flexibility index (Phi) is 3.07. The van der Waals surface area contributed by atoms with Crippen molar-refractivity contribution in [2.45, 2.75) is 12.1 Å². The summed E-state index contributed by atoms with van der Waals surface area (Å²) in [4.78, 5) is 24.5. The lowest BCUT2D eigenvalue weighted by Crippen LogP contribution is -2.35. The molecule has 0 saturated carbocycles. The number of H-pyrrole nitrogens is 1. The number of aliphatic hydroxyl groups excluding tert-OH is 2. The molecule has 0 aliphatic carbocycles. The molecule has 17 heavy (non-hydrogen) atoms. The molecule has 2 heterocycles. The number of hydrogen-bond acceptors (Lipinski definition) is 5. The highest BCUT2D eigenvalue weighted by Gasteiger charge is 2.41. The maximum absolute atomic E-state index is 12.0. The lowest BCUT2D eigenvalue weighted by Gasteiger charge is -2.15. The molecule has 0 spiro atoms. The second-order valence-corrected chi connectivity index (χ2v) is 7.35. The van der Waals surface area contributed by atoms with Crippen molar-refractivity contribution in [2.24, 2.45) is 0 Å². The van der Waals surface area contributed by atoms with Crippen molar-refractivity contribution in [3.05, 3.63) is 33.1 Å². The first-order chi connectivity index (χ1) is 7.95. The molecule has 1 aliphatic rings. The van der Waals surface area contributed by atoms with Crippen molar-refractivity contribution in [1.82, 2.24) is 9.55 Å². The van der Waals surface area contributed by atoms with Gasteiger partial charge >= 0.3 is 5.69 Å². The molecular formula is C9H13N2O5P. The van der Waals surface area contributed by atoms with Crippen molar-refractivity contribution < 1.29 is 14.8 Å². The van der Waals surface area contributed by atoms with Gasteiger partial charge in [0.2, 0.25) is 0 Å². The van der Waals surface area contributed by atoms with Crippen molar-refractivity contribution in [1.29, 1.82) is 0 Å². The van der Waals surface area contributed by atoms with Crippen LogP contribution in [0.5, 0.6) is 0 Å². The average molecular weight is 260 g/mol. The highest BCUT2D eigenvalue weighted by molar-refractivity contribution is 7.64. The van der Waals surface area contributed by atoms with Crippen LogP contribution < -0.4 is 11.2 Å². The molecule has 0 bridgehead atoms. The van der Waals surface area contributed by atoms with Gasteiger partial charge in [-0.3, -0.25) is 14.3 Å². The van der Waals surface area contributed by atoms with Gasteiger partial charge in [0.25, 0.3) is 5.56 Å². The Morgan fingerprint density at radius 1 is 1.47 bits per heavy atom. The lowest BCUT2D eigenvalue weighted by molar-refractivity contribution is 0.150. The number of aromatic nitrogens is 2. The molecule has 1 aliphatic heterocycles. The highest BCUT2D eigenvalue weighted by atomic mass is 31.2. The van der Waals surface area contributed by atoms with E-state index in [1.54, 1.807) is 0 Å². The SMILES string of the molecule is O=c1ccn([C@@H]2C[P@@](=O)(CO)C[C@H]2O)c(=O)[nH]1. The highest BCUT2D eigenvalue weighted by Crippen LogP contribution is 2.54. The zero-order valence-electron chi connectivity index (χ0n) is 8.94. The summed E-state index contributed by atoms with van der Waals surface area (Å²) >= 11 is 0. The lowest BCUT2D eigenvalue weighted by atomic mass is 10.2. The van der Waals surface area contributed by atoms with Gasteiger partial charge in [-0.15, -0.1) is 0 Å². The van der Waals surface area contributed by atoms with E-state index in [9.17, 15) is 19.3 Å². The summed E-state index contributed by atoms with van der Waals surface area (Å²) < 4.78 is 13.1. The minimum atomic E-state index is -2.81. The number of aromatic amines is 1. The zero-order chi connectivity index (χ0) is 12.6. The van der Waals surface area contributed by atoms with E-state index in [1.165, 1.54) is 6.20 Å². The molecule has 7 nitrogen and oxygen atoms in total. The summed E-state index contributed by atoms with van der Waals surface area (Å²) in [6.07, 6.45) is -0.0894. The zero-order valence-corrected chi connectivity index (χ0v) is 9.84. The van der Waals surface area contributed by atoms with Crippen molar-refractivity contribution >= 4 is 7.14 Å². The maximum Gasteiger partial charge on any atom is 0.328 e. The summed E-state index contributed by atoms with van der Waals surface area (Å²) in [5.41, 5.74) is -1.17. The van der Waals surface area contributed by atoms with Crippen LogP contribution in [0.1, 0.15) is 6.04 Å². The van der Waals surface area contributed by atoms with Crippen LogP contribution in [0.25, 0.3) is 0 Å². The summed E-state index contributed by atoms with van der Waals surface area (Å²) in [5.74, 6) is 0. The number of nitrogens with one attached hydrogen (secondary N) is 1. The van der Waals surface area contributed by atoms with Gasteiger partial charge in [0.15, 0.2) is 0 Å². The first kappa shape index (κ1) is 12.3. The van der Waals surface area contributed by atoms with Crippen molar-refractivity contribution in [3.63, 3.8) is 0 Å². The Morgan fingerprint density at radius 3 is 2.71 bits per heavy atom. The molecule has 0 radical (unpaired) electrons. The van der Waals surface area contributed by atoms with Crippen molar-refractivity contribution in [2.75, 3.05) is 18.7 Å². The van der Waals surface area contributed by atoms with Crippen LogP contribution in [0.3, 0.4) is 0 Å². The van der Waals surface area contributed by atoms with Gasteiger partial charge in [-0.1, -0.05) is 0 Å². The van der Waals surface area contributed by atoms with E-state index < -0.39 is 36.9 Å². The van der Waals surface area contributed by atoms with E-state index in [4.69, 9.17) is 5.11 Å². The molecule has 3 atom stereocenters. The van der Waals surface area contributed by atoms with Gasteiger partial charge in [-0.05, 0) is 0 Å². The van der Waals surface area contributed by atoms with Gasteiger partial charge in [0, 0.05) is 24.6 Å². The summed E-state index contributed by atoms with van der Waals surface area (Å²) in [6.45, 7) is 0. The molecule has 8 heteroatoms. The number of nitrogens with zero attached hydrogens (tertiary/aromatic N) is 1. The fourth-order valence-corrected chi connectivity index (χ4v) is 4.48. The Morgan fingerprint density at radius 2 is 2.18 bits per heavy atom. The van der Waals surface area contributed by atoms with Crippen LogP contribution in [0.15, 0.2) is 21.9 Å². The van der Waals surface area contributed by atoms with Gasteiger partial charge < -0.3 is 14.8 Å². The Bertz CT molecular complexity index is 577. The van der Waals surface area contributed by atoms with Gasteiger partial charge in [-0.25, -0.2) is 4.79 Å². The van der Waals surface area contributed by atoms with Gasteiger partial charge in [0.1, 0.15) is 7.14 Å². The predicted octanol–water partition coefficient (Wildman–Crippen LogP) is -1.23. The van der Waals surface area contributed by atoms with E-state index in [-0.39, 0.29) is 12.3 Å². The standard InChI is InChI=1S/C9H13N2O5P/c12-5-17(16)3-6(7(13)4-17)11-2-1-8(14)10-9(11)15/h1-2,6-7,12-13H,3-5H2,(H,10,14,15)/t6-,7-,17+/m1/s1. The van der Waals surface area contributed by atoms with E-state index >= 15 is 0 Å². The third-order valence-electron chi connectivity index (χ3n) is 2.95.